The van der Waals surface area contributed by atoms with E-state index in [0.717, 1.165) is 11.3 Å². The molecule has 2 N–H and O–H groups in total. The van der Waals surface area contributed by atoms with Gasteiger partial charge in [0.25, 0.3) is 0 Å². The minimum Gasteiger partial charge on any atom is -0.496 e. The number of para-hydroxylation sites is 1. The second-order valence-corrected chi connectivity index (χ2v) is 5.15. The molecule has 6 nitrogen and oxygen atoms in total. The minimum absolute atomic E-state index is 0.203. The fourth-order valence-electron chi connectivity index (χ4n) is 2.18. The molecule has 2 aromatic rings. The zero-order valence-corrected chi connectivity index (χ0v) is 13.2. The zero-order chi connectivity index (χ0) is 16.7. The average Bonchev–Trinajstić information content (AvgIpc) is 3.05. The van der Waals surface area contributed by atoms with Crippen molar-refractivity contribution in [1.29, 1.82) is 0 Å². The van der Waals surface area contributed by atoms with E-state index in [2.05, 4.69) is 10.6 Å². The van der Waals surface area contributed by atoms with E-state index in [-0.39, 0.29) is 12.6 Å². The van der Waals surface area contributed by atoms with Crippen LogP contribution in [0.2, 0.25) is 0 Å². The van der Waals surface area contributed by atoms with Crippen LogP contribution in [-0.4, -0.2) is 25.0 Å². The summed E-state index contributed by atoms with van der Waals surface area (Å²) in [6.45, 7) is 2.04. The van der Waals surface area contributed by atoms with Crippen molar-refractivity contribution in [3.05, 3.63) is 54.0 Å². The van der Waals surface area contributed by atoms with Crippen molar-refractivity contribution in [3.63, 3.8) is 0 Å². The fourth-order valence-corrected chi connectivity index (χ4v) is 2.18. The first-order valence-electron chi connectivity index (χ1n) is 7.33. The van der Waals surface area contributed by atoms with Crippen molar-refractivity contribution in [1.82, 2.24) is 10.6 Å². The van der Waals surface area contributed by atoms with E-state index in [9.17, 15) is 9.59 Å². The molecule has 6 heteroatoms. The van der Waals surface area contributed by atoms with Crippen LogP contribution in [0.15, 0.2) is 47.1 Å². The number of nitrogens with one attached hydrogen (secondary N) is 2. The van der Waals surface area contributed by atoms with Crippen LogP contribution in [-0.2, 0) is 22.6 Å². The molecule has 1 aromatic carbocycles. The summed E-state index contributed by atoms with van der Waals surface area (Å²) in [7, 11) is 1.56. The monoisotopic (exact) mass is 316 g/mol. The maximum Gasteiger partial charge on any atom is 0.309 e. The first-order valence-corrected chi connectivity index (χ1v) is 7.33. The number of benzene rings is 1. The lowest BCUT2D eigenvalue weighted by Crippen LogP contribution is -2.44. The fraction of sp³-hybridized carbons (Fsp3) is 0.294. The van der Waals surface area contributed by atoms with E-state index in [4.69, 9.17) is 9.15 Å². The largest absolute Gasteiger partial charge is 0.496 e. The van der Waals surface area contributed by atoms with Gasteiger partial charge in [0, 0.05) is 24.6 Å². The van der Waals surface area contributed by atoms with Gasteiger partial charge < -0.3 is 19.8 Å². The molecule has 0 aliphatic carbocycles. The van der Waals surface area contributed by atoms with Gasteiger partial charge in [-0.05, 0) is 25.1 Å². The minimum atomic E-state index is -0.679. The molecule has 2 rings (SSSR count). The summed E-state index contributed by atoms with van der Waals surface area (Å²) in [5.74, 6) is 0.0766. The Morgan fingerprint density at radius 3 is 2.65 bits per heavy atom. The van der Waals surface area contributed by atoms with E-state index in [0.29, 0.717) is 12.2 Å². The Balaban J connectivity index is 1.81. The summed E-state index contributed by atoms with van der Waals surface area (Å²) >= 11 is 0. The summed E-state index contributed by atoms with van der Waals surface area (Å²) in [6, 6.07) is 10.7. The zero-order valence-electron chi connectivity index (χ0n) is 13.2. The van der Waals surface area contributed by atoms with Crippen molar-refractivity contribution in [2.45, 2.75) is 25.9 Å². The first kappa shape index (κ1) is 16.6. The van der Waals surface area contributed by atoms with Gasteiger partial charge >= 0.3 is 11.8 Å². The second-order valence-electron chi connectivity index (χ2n) is 5.15. The summed E-state index contributed by atoms with van der Waals surface area (Å²) in [6.07, 6.45) is 2.10. The number of carbonyl (C=O) groups is 2. The van der Waals surface area contributed by atoms with Crippen molar-refractivity contribution in [2.75, 3.05) is 7.11 Å². The highest BCUT2D eigenvalue weighted by Crippen LogP contribution is 2.16. The molecule has 0 bridgehead atoms. The van der Waals surface area contributed by atoms with Gasteiger partial charge in [-0.3, -0.25) is 9.59 Å². The molecule has 0 aliphatic rings. The highest BCUT2D eigenvalue weighted by molar-refractivity contribution is 6.35. The maximum atomic E-state index is 11.9. The molecule has 0 fully saturated rings. The standard InChI is InChI=1S/C17H20N2O4/c1-12(10-14-7-5-9-23-14)19-17(21)16(20)18-11-13-6-3-4-8-15(13)22-2/h3-9,12H,10-11H2,1-2H3,(H,18,20)(H,19,21)/t12-/m0/s1. The average molecular weight is 316 g/mol. The lowest BCUT2D eigenvalue weighted by molar-refractivity contribution is -0.139. The molecule has 1 atom stereocenters. The first-order chi connectivity index (χ1) is 11.1. The maximum absolute atomic E-state index is 11.9. The Labute approximate surface area is 134 Å². The summed E-state index contributed by atoms with van der Waals surface area (Å²) < 4.78 is 10.4. The van der Waals surface area contributed by atoms with Crippen molar-refractivity contribution in [3.8, 4) is 5.75 Å². The third kappa shape index (κ3) is 4.88. The topological polar surface area (TPSA) is 80.6 Å². The van der Waals surface area contributed by atoms with Crippen LogP contribution in [0.4, 0.5) is 0 Å². The summed E-state index contributed by atoms with van der Waals surface area (Å²) in [4.78, 5) is 23.7. The highest BCUT2D eigenvalue weighted by Gasteiger charge is 2.17. The lowest BCUT2D eigenvalue weighted by Gasteiger charge is -2.13. The van der Waals surface area contributed by atoms with E-state index in [1.165, 1.54) is 0 Å². The van der Waals surface area contributed by atoms with E-state index in [1.54, 1.807) is 25.5 Å². The van der Waals surface area contributed by atoms with Crippen molar-refractivity contribution >= 4 is 11.8 Å². The number of furan rings is 1. The number of hydrogen-bond donors (Lipinski definition) is 2. The number of amides is 2. The second kappa shape index (κ2) is 8.03. The van der Waals surface area contributed by atoms with E-state index < -0.39 is 11.8 Å². The number of rotatable bonds is 6. The number of ether oxygens (including phenoxy) is 1. The third-order valence-electron chi connectivity index (χ3n) is 3.30. The number of methoxy groups -OCH3 is 1. The third-order valence-corrected chi connectivity index (χ3v) is 3.30. The summed E-state index contributed by atoms with van der Waals surface area (Å²) in [5.41, 5.74) is 0.805. The van der Waals surface area contributed by atoms with Gasteiger partial charge in [-0.25, -0.2) is 0 Å². The Morgan fingerprint density at radius 1 is 1.17 bits per heavy atom. The molecular formula is C17H20N2O4. The summed E-state index contributed by atoms with van der Waals surface area (Å²) in [5, 5.41) is 5.22. The Kier molecular flexibility index (Phi) is 5.80. The van der Waals surface area contributed by atoms with Crippen LogP contribution in [0.1, 0.15) is 18.2 Å². The van der Waals surface area contributed by atoms with Crippen LogP contribution in [0.5, 0.6) is 5.75 Å². The van der Waals surface area contributed by atoms with Crippen molar-refractivity contribution < 1.29 is 18.7 Å². The number of hydrogen-bond acceptors (Lipinski definition) is 4. The van der Waals surface area contributed by atoms with E-state index >= 15 is 0 Å². The van der Waals surface area contributed by atoms with Gasteiger partial charge in [-0.2, -0.15) is 0 Å². The lowest BCUT2D eigenvalue weighted by atomic mass is 10.2. The Bertz CT molecular complexity index is 652. The van der Waals surface area contributed by atoms with Gasteiger partial charge in [0.2, 0.25) is 0 Å². The molecule has 0 radical (unpaired) electrons. The molecule has 0 aliphatic heterocycles. The molecule has 0 unspecified atom stereocenters. The molecule has 1 heterocycles. The van der Waals surface area contributed by atoms with E-state index in [1.807, 2.05) is 31.2 Å². The van der Waals surface area contributed by atoms with Crippen LogP contribution < -0.4 is 15.4 Å². The molecule has 23 heavy (non-hydrogen) atoms. The van der Waals surface area contributed by atoms with Gasteiger partial charge in [0.15, 0.2) is 0 Å². The normalized spacial score (nSPS) is 11.6. The van der Waals surface area contributed by atoms with Gasteiger partial charge in [-0.15, -0.1) is 0 Å². The molecule has 0 saturated heterocycles. The predicted octanol–water partition coefficient (Wildman–Crippen LogP) is 1.65. The predicted molar refractivity (Wildman–Crippen MR) is 84.9 cm³/mol. The van der Waals surface area contributed by atoms with Crippen LogP contribution >= 0.6 is 0 Å². The van der Waals surface area contributed by atoms with Crippen LogP contribution in [0.25, 0.3) is 0 Å². The SMILES string of the molecule is COc1ccccc1CNC(=O)C(=O)N[C@@H](C)Cc1ccco1. The molecule has 0 spiro atoms. The van der Waals surface area contributed by atoms with Crippen LogP contribution in [0, 0.1) is 0 Å². The van der Waals surface area contributed by atoms with Gasteiger partial charge in [-0.1, -0.05) is 18.2 Å². The molecule has 2 amide bonds. The quantitative estimate of drug-likeness (QED) is 0.794. The van der Waals surface area contributed by atoms with Crippen LogP contribution in [0.3, 0.4) is 0 Å². The number of carbonyl (C=O) groups excluding carboxylic acids is 2. The smallest absolute Gasteiger partial charge is 0.309 e. The molecule has 1 aromatic heterocycles. The highest BCUT2D eigenvalue weighted by atomic mass is 16.5. The molecular weight excluding hydrogens is 296 g/mol. The Hall–Kier alpha value is -2.76. The van der Waals surface area contributed by atoms with Crippen molar-refractivity contribution in [2.24, 2.45) is 0 Å². The molecule has 0 saturated carbocycles. The van der Waals surface area contributed by atoms with Gasteiger partial charge in [0.05, 0.1) is 13.4 Å². The Morgan fingerprint density at radius 2 is 1.96 bits per heavy atom. The molecule has 122 valence electrons. The van der Waals surface area contributed by atoms with Gasteiger partial charge in [0.1, 0.15) is 11.5 Å².